The largest absolute Gasteiger partial charge is 0.491 e. The van der Waals surface area contributed by atoms with Gasteiger partial charge in [-0.15, -0.1) is 0 Å². The number of thioether (sulfide) groups is 1. The first-order valence-corrected chi connectivity index (χ1v) is 8.43. The van der Waals surface area contributed by atoms with Crippen LogP contribution in [0, 0.1) is 0 Å². The fraction of sp³-hybridized carbons (Fsp3) is 0.625. The molecule has 0 aromatic heterocycles. The fourth-order valence-corrected chi connectivity index (χ4v) is 3.27. The van der Waals surface area contributed by atoms with Crippen molar-refractivity contribution in [3.8, 4) is 5.75 Å². The van der Waals surface area contributed by atoms with Gasteiger partial charge in [-0.2, -0.15) is 11.8 Å². The van der Waals surface area contributed by atoms with Crippen LogP contribution in [0.25, 0.3) is 0 Å². The molecule has 1 aliphatic rings. The number of rotatable bonds is 8. The minimum absolute atomic E-state index is 0.222. The normalized spacial score (nSPS) is 17.0. The van der Waals surface area contributed by atoms with Crippen LogP contribution in [-0.4, -0.2) is 36.9 Å². The lowest BCUT2D eigenvalue weighted by atomic mass is 10.1. The molecule has 1 fully saturated rings. The van der Waals surface area contributed by atoms with Gasteiger partial charge in [0.2, 0.25) is 0 Å². The van der Waals surface area contributed by atoms with E-state index in [2.05, 4.69) is 36.5 Å². The topological polar surface area (TPSA) is 30.5 Å². The Hall–Kier alpha value is -0.710. The van der Waals surface area contributed by atoms with Gasteiger partial charge in [-0.3, -0.25) is 0 Å². The molecule has 1 unspecified atom stereocenters. The molecule has 0 saturated carbocycles. The summed E-state index contributed by atoms with van der Waals surface area (Å²) >= 11 is 2.00. The second-order valence-corrected chi connectivity index (χ2v) is 6.67. The molecule has 1 N–H and O–H groups in total. The molecule has 0 aliphatic carbocycles. The van der Waals surface area contributed by atoms with Crippen molar-refractivity contribution < 1.29 is 9.47 Å². The van der Waals surface area contributed by atoms with Crippen molar-refractivity contribution in [2.24, 2.45) is 0 Å². The maximum Gasteiger partial charge on any atom is 0.119 e. The van der Waals surface area contributed by atoms with Crippen LogP contribution >= 0.6 is 11.8 Å². The molecule has 1 aromatic carbocycles. The van der Waals surface area contributed by atoms with Crippen molar-refractivity contribution in [1.29, 1.82) is 0 Å². The molecule has 0 radical (unpaired) electrons. The maximum atomic E-state index is 5.69. The predicted octanol–water partition coefficient (Wildman–Crippen LogP) is 3.26. The van der Waals surface area contributed by atoms with E-state index in [0.29, 0.717) is 11.3 Å². The van der Waals surface area contributed by atoms with Gasteiger partial charge in [-0.05, 0) is 38.1 Å². The summed E-state index contributed by atoms with van der Waals surface area (Å²) < 4.78 is 10.9. The van der Waals surface area contributed by atoms with Crippen molar-refractivity contribution in [2.45, 2.75) is 38.2 Å². The first-order chi connectivity index (χ1) is 9.69. The Kier molecular flexibility index (Phi) is 6.20. The van der Waals surface area contributed by atoms with Gasteiger partial charge in [-0.1, -0.05) is 19.1 Å². The third-order valence-electron chi connectivity index (χ3n) is 3.21. The fourth-order valence-electron chi connectivity index (χ4n) is 2.11. The van der Waals surface area contributed by atoms with Gasteiger partial charge in [0.15, 0.2) is 0 Å². The summed E-state index contributed by atoms with van der Waals surface area (Å²) in [5.74, 6) is 2.03. The van der Waals surface area contributed by atoms with E-state index >= 15 is 0 Å². The Morgan fingerprint density at radius 2 is 2.00 bits per heavy atom. The van der Waals surface area contributed by atoms with E-state index < -0.39 is 0 Å². The van der Waals surface area contributed by atoms with E-state index in [1.54, 1.807) is 0 Å². The highest BCUT2D eigenvalue weighted by Gasteiger charge is 2.21. The number of ether oxygens (including phenoxy) is 2. The number of nitrogens with one attached hydrogen (secondary N) is 1. The van der Waals surface area contributed by atoms with Crippen molar-refractivity contribution in [3.63, 3.8) is 0 Å². The third kappa shape index (κ3) is 4.69. The first-order valence-electron chi connectivity index (χ1n) is 7.38. The predicted molar refractivity (Wildman–Crippen MR) is 85.7 cm³/mol. The van der Waals surface area contributed by atoms with Crippen LogP contribution in [0.3, 0.4) is 0 Å². The summed E-state index contributed by atoms with van der Waals surface area (Å²) in [5, 5.41) is 4.24. The molecule has 0 amide bonds. The Bertz CT molecular complexity index is 390. The minimum Gasteiger partial charge on any atom is -0.491 e. The van der Waals surface area contributed by atoms with Crippen LogP contribution in [0.2, 0.25) is 0 Å². The summed E-state index contributed by atoms with van der Waals surface area (Å²) in [5.41, 5.74) is 1.33. The molecule has 3 nitrogen and oxygen atoms in total. The Labute approximate surface area is 126 Å². The van der Waals surface area contributed by atoms with Gasteiger partial charge >= 0.3 is 0 Å². The van der Waals surface area contributed by atoms with Crippen molar-refractivity contribution in [1.82, 2.24) is 5.32 Å². The lowest BCUT2D eigenvalue weighted by molar-refractivity contribution is 0.0455. The molecular weight excluding hydrogens is 270 g/mol. The van der Waals surface area contributed by atoms with E-state index in [9.17, 15) is 0 Å². The Morgan fingerprint density at radius 3 is 2.50 bits per heavy atom. The standard InChI is InChI=1S/C16H25NO2S/c1-4-17-16(11-20-15-9-18-10-15)13-5-7-14(8-6-13)19-12(2)3/h5-8,12,15-17H,4,9-11H2,1-3H3. The van der Waals surface area contributed by atoms with Gasteiger partial charge in [0.25, 0.3) is 0 Å². The van der Waals surface area contributed by atoms with Crippen LogP contribution < -0.4 is 10.1 Å². The Balaban J connectivity index is 1.92. The second-order valence-electron chi connectivity index (χ2n) is 5.34. The average Bonchev–Trinajstić information content (AvgIpc) is 2.36. The number of hydrogen-bond donors (Lipinski definition) is 1. The Morgan fingerprint density at radius 1 is 1.30 bits per heavy atom. The van der Waals surface area contributed by atoms with Crippen molar-refractivity contribution in [3.05, 3.63) is 29.8 Å². The highest BCUT2D eigenvalue weighted by Crippen LogP contribution is 2.26. The van der Waals surface area contributed by atoms with E-state index in [-0.39, 0.29) is 6.10 Å². The summed E-state index contributed by atoms with van der Waals surface area (Å²) in [4.78, 5) is 0. The van der Waals surface area contributed by atoms with Gasteiger partial charge in [0.05, 0.1) is 24.6 Å². The van der Waals surface area contributed by atoms with Gasteiger partial charge < -0.3 is 14.8 Å². The van der Waals surface area contributed by atoms with Crippen LogP contribution in [0.4, 0.5) is 0 Å². The lowest BCUT2D eigenvalue weighted by Crippen LogP contribution is -2.32. The SMILES string of the molecule is CCNC(CSC1COC1)c1ccc(OC(C)C)cc1. The molecule has 20 heavy (non-hydrogen) atoms. The zero-order valence-corrected chi connectivity index (χ0v) is 13.4. The average molecular weight is 295 g/mol. The molecule has 112 valence electrons. The molecule has 1 saturated heterocycles. The molecule has 1 aliphatic heterocycles. The van der Waals surface area contributed by atoms with Crippen LogP contribution in [0.15, 0.2) is 24.3 Å². The maximum absolute atomic E-state index is 5.69. The molecule has 2 rings (SSSR count). The molecule has 1 aromatic rings. The van der Waals surface area contributed by atoms with Gasteiger partial charge in [0.1, 0.15) is 5.75 Å². The molecule has 1 atom stereocenters. The second kappa shape index (κ2) is 7.91. The number of hydrogen-bond acceptors (Lipinski definition) is 4. The smallest absolute Gasteiger partial charge is 0.119 e. The molecule has 0 bridgehead atoms. The highest BCUT2D eigenvalue weighted by atomic mass is 32.2. The number of benzene rings is 1. The van der Waals surface area contributed by atoms with Crippen LogP contribution in [-0.2, 0) is 4.74 Å². The summed E-state index contributed by atoms with van der Waals surface area (Å²) in [6.07, 6.45) is 0.222. The van der Waals surface area contributed by atoms with E-state index in [4.69, 9.17) is 9.47 Å². The van der Waals surface area contributed by atoms with E-state index in [0.717, 1.165) is 31.3 Å². The molecular formula is C16H25NO2S. The summed E-state index contributed by atoms with van der Waals surface area (Å²) in [6, 6.07) is 8.87. The third-order valence-corrected chi connectivity index (χ3v) is 4.48. The van der Waals surface area contributed by atoms with Gasteiger partial charge in [0, 0.05) is 11.8 Å². The zero-order chi connectivity index (χ0) is 14.4. The molecule has 0 spiro atoms. The van der Waals surface area contributed by atoms with Crippen LogP contribution in [0.5, 0.6) is 5.75 Å². The summed E-state index contributed by atoms with van der Waals surface area (Å²) in [7, 11) is 0. The van der Waals surface area contributed by atoms with Crippen LogP contribution in [0.1, 0.15) is 32.4 Å². The monoisotopic (exact) mass is 295 g/mol. The molecule has 1 heterocycles. The lowest BCUT2D eigenvalue weighted by Gasteiger charge is -2.27. The van der Waals surface area contributed by atoms with Crippen molar-refractivity contribution >= 4 is 11.8 Å². The quantitative estimate of drug-likeness (QED) is 0.797. The highest BCUT2D eigenvalue weighted by molar-refractivity contribution is 8.00. The minimum atomic E-state index is 0.222. The van der Waals surface area contributed by atoms with E-state index in [1.807, 2.05) is 25.6 Å². The van der Waals surface area contributed by atoms with Gasteiger partial charge in [-0.25, -0.2) is 0 Å². The zero-order valence-electron chi connectivity index (χ0n) is 12.6. The van der Waals surface area contributed by atoms with Crippen molar-refractivity contribution in [2.75, 3.05) is 25.5 Å². The summed E-state index contributed by atoms with van der Waals surface area (Å²) in [6.45, 7) is 9.05. The molecule has 4 heteroatoms. The van der Waals surface area contributed by atoms with E-state index in [1.165, 1.54) is 5.56 Å². The first kappa shape index (κ1) is 15.7.